The second kappa shape index (κ2) is 4.43. The Morgan fingerprint density at radius 3 is 2.42 bits per heavy atom. The third-order valence-corrected chi connectivity index (χ3v) is 2.79. The summed E-state index contributed by atoms with van der Waals surface area (Å²) in [5.41, 5.74) is 1.35. The largest absolute Gasteiger partial charge is 0.0591 e. The van der Waals surface area contributed by atoms with Gasteiger partial charge in [0.1, 0.15) is 0 Å². The van der Waals surface area contributed by atoms with E-state index in [1.54, 1.807) is 0 Å². The number of rotatable bonds is 2. The van der Waals surface area contributed by atoms with Crippen LogP contribution < -0.4 is 0 Å². The van der Waals surface area contributed by atoms with Crippen LogP contribution in [0.25, 0.3) is 0 Å². The minimum Gasteiger partial charge on any atom is -0.0591 e. The summed E-state index contributed by atoms with van der Waals surface area (Å²) in [6.07, 6.45) is 1.05. The number of benzene rings is 1. The highest BCUT2D eigenvalue weighted by molar-refractivity contribution is 9.11. The monoisotopic (exact) mass is 289 g/mol. The quantitative estimate of drug-likeness (QED) is 0.759. The molecular formula is C10H11Br2. The van der Waals surface area contributed by atoms with Gasteiger partial charge < -0.3 is 0 Å². The van der Waals surface area contributed by atoms with Gasteiger partial charge in [-0.25, -0.2) is 0 Å². The Labute approximate surface area is 90.6 Å². The van der Waals surface area contributed by atoms with Crippen LogP contribution in [0.15, 0.2) is 27.1 Å². The molecule has 0 amide bonds. The highest BCUT2D eigenvalue weighted by Gasteiger charge is 2.02. The highest BCUT2D eigenvalue weighted by Crippen LogP contribution is 2.24. The maximum atomic E-state index is 3.53. The van der Waals surface area contributed by atoms with E-state index in [0.29, 0.717) is 0 Å². The van der Waals surface area contributed by atoms with Gasteiger partial charge in [0.15, 0.2) is 0 Å². The predicted octanol–water partition coefficient (Wildman–Crippen LogP) is 4.37. The first-order chi connectivity index (χ1) is 5.59. The summed E-state index contributed by atoms with van der Waals surface area (Å²) in [6.45, 7) is 4.29. The summed E-state index contributed by atoms with van der Waals surface area (Å²) >= 11 is 6.96. The molecule has 0 unspecified atom stereocenters. The third kappa shape index (κ3) is 2.91. The Kier molecular flexibility index (Phi) is 3.78. The highest BCUT2D eigenvalue weighted by atomic mass is 79.9. The van der Waals surface area contributed by atoms with E-state index in [1.165, 1.54) is 16.0 Å². The van der Waals surface area contributed by atoms with Crippen LogP contribution in [0.3, 0.4) is 0 Å². The summed E-state index contributed by atoms with van der Waals surface area (Å²) in [7, 11) is 0. The standard InChI is InChI=1S/C10H11Br2/c1-7(2)5-8-3-4-9(11)6-10(8)12/h3-4,6H,5H2,1-2H3. The van der Waals surface area contributed by atoms with E-state index in [4.69, 9.17) is 0 Å². The van der Waals surface area contributed by atoms with Crippen LogP contribution in [0.2, 0.25) is 0 Å². The normalized spacial score (nSPS) is 10.8. The van der Waals surface area contributed by atoms with Crippen molar-refractivity contribution in [3.63, 3.8) is 0 Å². The molecule has 1 aromatic carbocycles. The van der Waals surface area contributed by atoms with Crippen LogP contribution in [0, 0.1) is 5.92 Å². The molecule has 0 aromatic heterocycles. The Morgan fingerprint density at radius 1 is 1.25 bits per heavy atom. The fraction of sp³-hybridized carbons (Fsp3) is 0.300. The maximum Gasteiger partial charge on any atom is 0.0218 e. The predicted molar refractivity (Wildman–Crippen MR) is 60.1 cm³/mol. The van der Waals surface area contributed by atoms with Crippen LogP contribution in [0.1, 0.15) is 19.4 Å². The third-order valence-electron chi connectivity index (χ3n) is 1.56. The van der Waals surface area contributed by atoms with E-state index in [0.717, 1.165) is 10.9 Å². The molecule has 0 aliphatic heterocycles. The Hall–Kier alpha value is 0.180. The lowest BCUT2D eigenvalue weighted by Gasteiger charge is -2.06. The van der Waals surface area contributed by atoms with Crippen molar-refractivity contribution in [3.05, 3.63) is 38.6 Å². The zero-order chi connectivity index (χ0) is 9.14. The van der Waals surface area contributed by atoms with Crippen molar-refractivity contribution in [3.8, 4) is 0 Å². The van der Waals surface area contributed by atoms with Crippen LogP contribution in [-0.2, 0) is 6.42 Å². The first-order valence-corrected chi connectivity index (χ1v) is 5.41. The fourth-order valence-corrected chi connectivity index (χ4v) is 2.23. The molecule has 0 spiro atoms. The molecule has 1 rings (SSSR count). The molecule has 0 N–H and O–H groups in total. The van der Waals surface area contributed by atoms with Gasteiger partial charge in [0, 0.05) is 8.95 Å². The van der Waals surface area contributed by atoms with Crippen LogP contribution in [0.4, 0.5) is 0 Å². The van der Waals surface area contributed by atoms with E-state index in [9.17, 15) is 0 Å². The van der Waals surface area contributed by atoms with Crippen molar-refractivity contribution in [2.75, 3.05) is 0 Å². The summed E-state index contributed by atoms with van der Waals surface area (Å²) in [6, 6.07) is 6.29. The zero-order valence-corrected chi connectivity index (χ0v) is 10.4. The lowest BCUT2D eigenvalue weighted by Crippen LogP contribution is -1.92. The molecule has 0 aliphatic carbocycles. The average molecular weight is 291 g/mol. The summed E-state index contributed by atoms with van der Waals surface area (Å²) in [4.78, 5) is 0. The SMILES string of the molecule is C[C](C)Cc1ccc(Br)cc1Br. The zero-order valence-electron chi connectivity index (χ0n) is 7.20. The minimum atomic E-state index is 1.05. The van der Waals surface area contributed by atoms with E-state index in [2.05, 4.69) is 63.9 Å². The second-order valence-corrected chi connectivity index (χ2v) is 4.89. The van der Waals surface area contributed by atoms with Crippen molar-refractivity contribution in [1.82, 2.24) is 0 Å². The van der Waals surface area contributed by atoms with E-state index in [1.807, 2.05) is 0 Å². The van der Waals surface area contributed by atoms with Crippen molar-refractivity contribution in [1.29, 1.82) is 0 Å². The lowest BCUT2D eigenvalue weighted by molar-refractivity contribution is 0.951. The molecule has 0 bridgehead atoms. The van der Waals surface area contributed by atoms with Gasteiger partial charge in [0.2, 0.25) is 0 Å². The van der Waals surface area contributed by atoms with Crippen LogP contribution >= 0.6 is 31.9 Å². The molecule has 1 radical (unpaired) electrons. The first kappa shape index (κ1) is 10.3. The minimum absolute atomic E-state index is 1.05. The van der Waals surface area contributed by atoms with E-state index in [-0.39, 0.29) is 0 Å². The molecule has 0 nitrogen and oxygen atoms in total. The van der Waals surface area contributed by atoms with Gasteiger partial charge in [0.05, 0.1) is 0 Å². The van der Waals surface area contributed by atoms with Gasteiger partial charge >= 0.3 is 0 Å². The topological polar surface area (TPSA) is 0 Å². The molecule has 0 saturated heterocycles. The van der Waals surface area contributed by atoms with Crippen LogP contribution in [-0.4, -0.2) is 0 Å². The molecule has 0 heterocycles. The summed E-state index contributed by atoms with van der Waals surface area (Å²) in [5, 5.41) is 0. The van der Waals surface area contributed by atoms with Gasteiger partial charge in [-0.2, -0.15) is 0 Å². The van der Waals surface area contributed by atoms with Gasteiger partial charge in [-0.15, -0.1) is 0 Å². The molecule has 0 aliphatic rings. The molecule has 0 saturated carbocycles. The molecule has 65 valence electrons. The van der Waals surface area contributed by atoms with Crippen LogP contribution in [0.5, 0.6) is 0 Å². The van der Waals surface area contributed by atoms with E-state index >= 15 is 0 Å². The van der Waals surface area contributed by atoms with Crippen molar-refractivity contribution < 1.29 is 0 Å². The van der Waals surface area contributed by atoms with Gasteiger partial charge in [-0.05, 0) is 30.0 Å². The van der Waals surface area contributed by atoms with Gasteiger partial charge in [-0.1, -0.05) is 51.8 Å². The molecule has 1 aromatic rings. The Morgan fingerprint density at radius 2 is 1.92 bits per heavy atom. The lowest BCUT2D eigenvalue weighted by atomic mass is 10.0. The van der Waals surface area contributed by atoms with Gasteiger partial charge in [0.25, 0.3) is 0 Å². The fourth-order valence-electron chi connectivity index (χ4n) is 1.05. The second-order valence-electron chi connectivity index (χ2n) is 3.12. The summed E-state index contributed by atoms with van der Waals surface area (Å²) in [5.74, 6) is 1.43. The van der Waals surface area contributed by atoms with Crippen molar-refractivity contribution in [2.24, 2.45) is 0 Å². The average Bonchev–Trinajstić information content (AvgIpc) is 1.94. The Bertz CT molecular complexity index is 267. The smallest absolute Gasteiger partial charge is 0.0218 e. The van der Waals surface area contributed by atoms with Crippen molar-refractivity contribution >= 4 is 31.9 Å². The number of halogens is 2. The number of hydrogen-bond acceptors (Lipinski definition) is 0. The van der Waals surface area contributed by atoms with Gasteiger partial charge in [-0.3, -0.25) is 0 Å². The number of hydrogen-bond donors (Lipinski definition) is 0. The molecule has 0 atom stereocenters. The first-order valence-electron chi connectivity index (χ1n) is 3.82. The van der Waals surface area contributed by atoms with Crippen molar-refractivity contribution in [2.45, 2.75) is 20.3 Å². The molecule has 0 fully saturated rings. The van der Waals surface area contributed by atoms with E-state index < -0.39 is 0 Å². The Balaban J connectivity index is 2.86. The summed E-state index contributed by atoms with van der Waals surface area (Å²) < 4.78 is 2.30. The molecule has 2 heteroatoms. The molecule has 12 heavy (non-hydrogen) atoms. The maximum absolute atomic E-state index is 3.53. The molecular weight excluding hydrogens is 280 g/mol.